The molecule has 0 aliphatic carbocycles. The maximum absolute atomic E-state index is 13.0. The van der Waals surface area contributed by atoms with Crippen LogP contribution in [-0.4, -0.2) is 59.4 Å². The average molecular weight is 463 g/mol. The molecule has 1 saturated heterocycles. The second-order valence-electron chi connectivity index (χ2n) is 6.98. The molecule has 3 aromatic rings. The molecule has 1 amide bonds. The van der Waals surface area contributed by atoms with Gasteiger partial charge in [-0.25, -0.2) is 4.98 Å². The lowest BCUT2D eigenvalue weighted by molar-refractivity contribution is -0.117. The molecule has 3 aromatic heterocycles. The van der Waals surface area contributed by atoms with Crippen LogP contribution in [0.25, 0.3) is 11.5 Å². The van der Waals surface area contributed by atoms with E-state index in [1.807, 2.05) is 0 Å². The molecule has 1 N–H and O–H groups in total. The average Bonchev–Trinajstić information content (AvgIpc) is 3.44. The Morgan fingerprint density at radius 3 is 2.71 bits per heavy atom. The second-order valence-corrected chi connectivity index (χ2v) is 7.98. The number of carbonyl (C=O) groups is 2. The Bertz CT molecular complexity index is 1000. The van der Waals surface area contributed by atoms with Gasteiger partial charge in [0.2, 0.25) is 11.7 Å². The molecule has 164 valence electrons. The number of nitrogens with one attached hydrogen (secondary N) is 1. The van der Waals surface area contributed by atoms with Gasteiger partial charge in [0.15, 0.2) is 10.9 Å². The summed E-state index contributed by atoms with van der Waals surface area (Å²) in [5, 5.41) is 3.18. The third-order valence-corrected chi connectivity index (χ3v) is 5.94. The Morgan fingerprint density at radius 1 is 1.26 bits per heavy atom. The molecule has 1 aliphatic heterocycles. The number of carbonyl (C=O) groups excluding carboxylic acids is 2. The number of ketones is 1. The molecule has 0 bridgehead atoms. The number of pyridine rings is 1. The Kier molecular flexibility index (Phi) is 7.91. The first kappa shape index (κ1) is 23.1. The Morgan fingerprint density at radius 2 is 2.06 bits per heavy atom. The first-order chi connectivity index (χ1) is 14.6. The maximum Gasteiger partial charge on any atom is 0.240 e. The first-order valence-electron chi connectivity index (χ1n) is 9.69. The van der Waals surface area contributed by atoms with Crippen LogP contribution in [0.1, 0.15) is 28.2 Å². The van der Waals surface area contributed by atoms with Crippen LogP contribution < -0.4 is 5.32 Å². The van der Waals surface area contributed by atoms with Crippen LogP contribution in [0.2, 0.25) is 0 Å². The summed E-state index contributed by atoms with van der Waals surface area (Å²) in [6.45, 7) is 1.89. The third kappa shape index (κ3) is 5.56. The van der Waals surface area contributed by atoms with Crippen molar-refractivity contribution in [3.8, 4) is 11.5 Å². The van der Waals surface area contributed by atoms with Crippen LogP contribution in [0.3, 0.4) is 0 Å². The minimum Gasteiger partial charge on any atom is -0.463 e. The fourth-order valence-electron chi connectivity index (χ4n) is 3.39. The molecular formula is C21H23ClN4O4S. The Balaban J connectivity index is 0.00000272. The normalized spacial score (nSPS) is 14.7. The van der Waals surface area contributed by atoms with Crippen LogP contribution in [0.5, 0.6) is 0 Å². The predicted octanol–water partition coefficient (Wildman–Crippen LogP) is 3.50. The van der Waals surface area contributed by atoms with Crippen LogP contribution in [0.15, 0.2) is 47.2 Å². The highest BCUT2D eigenvalue weighted by atomic mass is 35.5. The van der Waals surface area contributed by atoms with Crippen molar-refractivity contribution in [3.63, 3.8) is 0 Å². The minimum atomic E-state index is -0.262. The van der Waals surface area contributed by atoms with Crippen molar-refractivity contribution >= 4 is 40.6 Å². The smallest absolute Gasteiger partial charge is 0.240 e. The molecule has 0 atom stereocenters. The molecule has 0 saturated carbocycles. The molecular weight excluding hydrogens is 440 g/mol. The number of amides is 1. The van der Waals surface area contributed by atoms with Crippen molar-refractivity contribution in [2.75, 3.05) is 32.1 Å². The SMILES string of the molecule is COC1CCN(CC(=O)Nc2nc(-c3ccco3)c(C(=O)c3ccccn3)s2)CC1.Cl. The van der Waals surface area contributed by atoms with Crippen molar-refractivity contribution in [1.29, 1.82) is 0 Å². The summed E-state index contributed by atoms with van der Waals surface area (Å²) in [5.41, 5.74) is 0.713. The summed E-state index contributed by atoms with van der Waals surface area (Å²) in [4.78, 5) is 36.6. The number of methoxy groups -OCH3 is 1. The van der Waals surface area contributed by atoms with Crippen LogP contribution in [-0.2, 0) is 9.53 Å². The van der Waals surface area contributed by atoms with Gasteiger partial charge in [0.05, 0.1) is 18.9 Å². The summed E-state index contributed by atoms with van der Waals surface area (Å²) in [7, 11) is 1.72. The molecule has 0 unspecified atom stereocenters. The van der Waals surface area contributed by atoms with E-state index in [0.717, 1.165) is 37.3 Å². The predicted molar refractivity (Wildman–Crippen MR) is 120 cm³/mol. The van der Waals surface area contributed by atoms with E-state index < -0.39 is 0 Å². The molecule has 4 heterocycles. The van der Waals surface area contributed by atoms with Gasteiger partial charge in [-0.3, -0.25) is 19.5 Å². The number of nitrogens with zero attached hydrogens (tertiary/aromatic N) is 3. The number of piperidine rings is 1. The fourth-order valence-corrected chi connectivity index (χ4v) is 4.32. The number of anilines is 1. The molecule has 8 nitrogen and oxygen atoms in total. The van der Waals surface area contributed by atoms with Gasteiger partial charge < -0.3 is 14.5 Å². The third-order valence-electron chi connectivity index (χ3n) is 4.97. The van der Waals surface area contributed by atoms with E-state index >= 15 is 0 Å². The summed E-state index contributed by atoms with van der Waals surface area (Å²) in [6.07, 6.45) is 5.17. The number of furan rings is 1. The van der Waals surface area contributed by atoms with Crippen molar-refractivity contribution in [2.45, 2.75) is 18.9 Å². The van der Waals surface area contributed by atoms with Crippen molar-refractivity contribution in [3.05, 3.63) is 53.4 Å². The van der Waals surface area contributed by atoms with Crippen molar-refractivity contribution < 1.29 is 18.7 Å². The zero-order valence-corrected chi connectivity index (χ0v) is 18.6. The summed E-state index contributed by atoms with van der Waals surface area (Å²) >= 11 is 1.12. The number of ether oxygens (including phenoxy) is 1. The summed E-state index contributed by atoms with van der Waals surface area (Å²) in [6, 6.07) is 8.61. The van der Waals surface area contributed by atoms with Gasteiger partial charge in [-0.1, -0.05) is 17.4 Å². The molecule has 1 aliphatic rings. The molecule has 1 fully saturated rings. The van der Waals surface area contributed by atoms with Gasteiger partial charge in [0.1, 0.15) is 16.3 Å². The van der Waals surface area contributed by atoms with Crippen LogP contribution >= 0.6 is 23.7 Å². The molecule has 0 aromatic carbocycles. The highest BCUT2D eigenvalue weighted by molar-refractivity contribution is 7.18. The number of aromatic nitrogens is 2. The highest BCUT2D eigenvalue weighted by Gasteiger charge is 2.25. The van der Waals surface area contributed by atoms with E-state index in [9.17, 15) is 9.59 Å². The van der Waals surface area contributed by atoms with Gasteiger partial charge in [0, 0.05) is 26.4 Å². The summed E-state index contributed by atoms with van der Waals surface area (Å²) < 4.78 is 10.8. The van der Waals surface area contributed by atoms with Crippen molar-refractivity contribution in [1.82, 2.24) is 14.9 Å². The minimum absolute atomic E-state index is 0. The fraction of sp³-hybridized carbons (Fsp3) is 0.333. The number of likely N-dealkylation sites (tertiary alicyclic amines) is 1. The number of thiazole rings is 1. The Labute approximate surface area is 190 Å². The van der Waals surface area contributed by atoms with Gasteiger partial charge in [-0.05, 0) is 37.1 Å². The lowest BCUT2D eigenvalue weighted by Crippen LogP contribution is -2.41. The number of hydrogen-bond donors (Lipinski definition) is 1. The van der Waals surface area contributed by atoms with E-state index in [2.05, 4.69) is 20.2 Å². The number of rotatable bonds is 7. The molecule has 4 rings (SSSR count). The highest BCUT2D eigenvalue weighted by Crippen LogP contribution is 2.33. The quantitative estimate of drug-likeness (QED) is 0.536. The Hall–Kier alpha value is -2.59. The first-order valence-corrected chi connectivity index (χ1v) is 10.5. The molecule has 10 heteroatoms. The number of hydrogen-bond acceptors (Lipinski definition) is 8. The van der Waals surface area contributed by atoms with E-state index in [4.69, 9.17) is 9.15 Å². The van der Waals surface area contributed by atoms with Gasteiger partial charge in [-0.15, -0.1) is 12.4 Å². The van der Waals surface area contributed by atoms with Gasteiger partial charge in [-0.2, -0.15) is 0 Å². The van der Waals surface area contributed by atoms with E-state index in [0.29, 0.717) is 27.2 Å². The molecule has 31 heavy (non-hydrogen) atoms. The monoisotopic (exact) mass is 462 g/mol. The van der Waals surface area contributed by atoms with E-state index in [1.165, 1.54) is 6.26 Å². The molecule has 0 spiro atoms. The zero-order valence-electron chi connectivity index (χ0n) is 16.9. The van der Waals surface area contributed by atoms with Crippen molar-refractivity contribution in [2.24, 2.45) is 0 Å². The summed E-state index contributed by atoms with van der Waals surface area (Å²) in [5.74, 6) is 0.0387. The van der Waals surface area contributed by atoms with Crippen LogP contribution in [0.4, 0.5) is 5.13 Å². The largest absolute Gasteiger partial charge is 0.463 e. The lowest BCUT2D eigenvalue weighted by Gasteiger charge is -2.30. The van der Waals surface area contributed by atoms with E-state index in [1.54, 1.807) is 43.6 Å². The van der Waals surface area contributed by atoms with E-state index in [-0.39, 0.29) is 36.7 Å². The maximum atomic E-state index is 13.0. The van der Waals surface area contributed by atoms with Gasteiger partial charge >= 0.3 is 0 Å². The standard InChI is InChI=1S/C21H22N4O4S.ClH/c1-28-14-7-10-25(11-8-14)13-17(26)23-21-24-18(16-6-4-12-29-16)20(30-21)19(27)15-5-2-3-9-22-15;/h2-6,9,12,14H,7-8,10-11,13H2,1H3,(H,23,24,26);1H. The molecule has 0 radical (unpaired) electrons. The topological polar surface area (TPSA) is 97.6 Å². The lowest BCUT2D eigenvalue weighted by atomic mass is 10.1. The van der Waals surface area contributed by atoms with Gasteiger partial charge in [0.25, 0.3) is 0 Å². The zero-order chi connectivity index (χ0) is 20.9. The number of halogens is 1. The van der Waals surface area contributed by atoms with Crippen LogP contribution in [0, 0.1) is 0 Å². The second kappa shape index (κ2) is 10.6.